The first-order valence-electron chi connectivity index (χ1n) is 9.47. The van der Waals surface area contributed by atoms with Gasteiger partial charge in [0.05, 0.1) is 29.8 Å². The zero-order chi connectivity index (χ0) is 21.4. The highest BCUT2D eigenvalue weighted by molar-refractivity contribution is 5.91. The second-order valence-corrected chi connectivity index (χ2v) is 6.94. The van der Waals surface area contributed by atoms with E-state index in [1.165, 1.54) is 23.5 Å². The number of hydroxylamine groups is 1. The van der Waals surface area contributed by atoms with Crippen molar-refractivity contribution in [1.82, 2.24) is 20.2 Å². The Bertz CT molecular complexity index is 1320. The van der Waals surface area contributed by atoms with E-state index in [-0.39, 0.29) is 5.56 Å². The molecule has 8 nitrogen and oxygen atoms in total. The molecule has 1 aliphatic heterocycles. The standard InChI is InChI=1S/C21H15F2N7O/c22-15-3-1-2-14(20(15)23)17-6-7-31-30(17)19-9-18(25-11-26-19)27-21-13-5-4-12(10-24)8-16(13)28-29-21/h1-5,8-9,11,17H,6-7H2,(H2,25,26,27,28,29)/t17-/m1/s1. The van der Waals surface area contributed by atoms with Gasteiger partial charge in [-0.25, -0.2) is 23.8 Å². The molecule has 2 aromatic carbocycles. The zero-order valence-corrected chi connectivity index (χ0v) is 16.0. The molecule has 1 fully saturated rings. The maximum Gasteiger partial charge on any atom is 0.164 e. The number of anilines is 3. The lowest BCUT2D eigenvalue weighted by molar-refractivity contribution is 0.156. The van der Waals surface area contributed by atoms with Gasteiger partial charge in [-0.15, -0.1) is 0 Å². The molecule has 31 heavy (non-hydrogen) atoms. The highest BCUT2D eigenvalue weighted by Gasteiger charge is 2.32. The first kappa shape index (κ1) is 18.9. The van der Waals surface area contributed by atoms with Crippen molar-refractivity contribution >= 4 is 28.4 Å². The fourth-order valence-electron chi connectivity index (χ4n) is 3.60. The Morgan fingerprint density at radius 3 is 2.97 bits per heavy atom. The molecule has 5 rings (SSSR count). The Balaban J connectivity index is 1.44. The second-order valence-electron chi connectivity index (χ2n) is 6.94. The van der Waals surface area contributed by atoms with Crippen molar-refractivity contribution in [3.63, 3.8) is 0 Å². The summed E-state index contributed by atoms with van der Waals surface area (Å²) in [6, 6.07) is 12.5. The van der Waals surface area contributed by atoms with Crippen LogP contribution in [0.25, 0.3) is 10.9 Å². The highest BCUT2D eigenvalue weighted by atomic mass is 19.2. The molecule has 0 saturated carbocycles. The molecule has 1 saturated heterocycles. The van der Waals surface area contributed by atoms with Gasteiger partial charge in [0.1, 0.15) is 12.1 Å². The van der Waals surface area contributed by atoms with Crippen LogP contribution in [0.15, 0.2) is 48.8 Å². The zero-order valence-electron chi connectivity index (χ0n) is 16.0. The second kappa shape index (κ2) is 7.62. The number of hydrogen-bond donors (Lipinski definition) is 2. The molecule has 0 radical (unpaired) electrons. The lowest BCUT2D eigenvalue weighted by Gasteiger charge is -2.24. The fourth-order valence-corrected chi connectivity index (χ4v) is 3.60. The van der Waals surface area contributed by atoms with Gasteiger partial charge in [0, 0.05) is 23.4 Å². The van der Waals surface area contributed by atoms with E-state index in [4.69, 9.17) is 10.1 Å². The van der Waals surface area contributed by atoms with Gasteiger partial charge < -0.3 is 5.32 Å². The normalized spacial score (nSPS) is 15.9. The van der Waals surface area contributed by atoms with Crippen LogP contribution >= 0.6 is 0 Å². The summed E-state index contributed by atoms with van der Waals surface area (Å²) < 4.78 is 28.1. The fraction of sp³-hybridized carbons (Fsp3) is 0.143. The molecule has 0 unspecified atom stereocenters. The molecular formula is C21H15F2N7O. The predicted octanol–water partition coefficient (Wildman–Crippen LogP) is 4.13. The summed E-state index contributed by atoms with van der Waals surface area (Å²) in [7, 11) is 0. The van der Waals surface area contributed by atoms with E-state index < -0.39 is 17.7 Å². The van der Waals surface area contributed by atoms with Gasteiger partial charge in [0.25, 0.3) is 0 Å². The molecule has 1 atom stereocenters. The van der Waals surface area contributed by atoms with Crippen molar-refractivity contribution < 1.29 is 13.6 Å². The topological polar surface area (TPSA) is 103 Å². The van der Waals surface area contributed by atoms with Crippen LogP contribution in [-0.4, -0.2) is 26.8 Å². The van der Waals surface area contributed by atoms with E-state index >= 15 is 0 Å². The van der Waals surface area contributed by atoms with Crippen LogP contribution in [0, 0.1) is 23.0 Å². The summed E-state index contributed by atoms with van der Waals surface area (Å²) in [6.07, 6.45) is 1.83. The molecule has 1 aliphatic rings. The van der Waals surface area contributed by atoms with E-state index in [1.807, 2.05) is 0 Å². The average molecular weight is 419 g/mol. The third kappa shape index (κ3) is 3.41. The Kier molecular flexibility index (Phi) is 4.65. The van der Waals surface area contributed by atoms with E-state index in [1.54, 1.807) is 24.3 Å². The Hall–Kier alpha value is -4.10. The minimum absolute atomic E-state index is 0.206. The molecule has 2 N–H and O–H groups in total. The lowest BCUT2D eigenvalue weighted by atomic mass is 10.0. The summed E-state index contributed by atoms with van der Waals surface area (Å²) in [6.45, 7) is 0.346. The molecular weight excluding hydrogens is 404 g/mol. The van der Waals surface area contributed by atoms with Crippen molar-refractivity contribution in [3.05, 3.63) is 71.6 Å². The third-order valence-electron chi connectivity index (χ3n) is 5.06. The summed E-state index contributed by atoms with van der Waals surface area (Å²) in [4.78, 5) is 14.1. The van der Waals surface area contributed by atoms with Crippen molar-refractivity contribution in [2.24, 2.45) is 0 Å². The van der Waals surface area contributed by atoms with Gasteiger partial charge in [0.15, 0.2) is 23.3 Å². The number of nitrogens with zero attached hydrogens (tertiary/aromatic N) is 5. The number of hydrogen-bond acceptors (Lipinski definition) is 7. The molecule has 0 aliphatic carbocycles. The van der Waals surface area contributed by atoms with E-state index in [0.29, 0.717) is 41.6 Å². The number of benzene rings is 2. The summed E-state index contributed by atoms with van der Waals surface area (Å²) in [5.74, 6) is -0.430. The summed E-state index contributed by atoms with van der Waals surface area (Å²) in [5, 5.41) is 21.5. The summed E-state index contributed by atoms with van der Waals surface area (Å²) in [5.41, 5.74) is 1.44. The number of nitriles is 1. The smallest absolute Gasteiger partial charge is 0.164 e. The van der Waals surface area contributed by atoms with Crippen LogP contribution in [-0.2, 0) is 4.84 Å². The number of rotatable bonds is 4. The number of aromatic nitrogens is 4. The summed E-state index contributed by atoms with van der Waals surface area (Å²) >= 11 is 0. The SMILES string of the molecule is N#Cc1ccc2c(Nc3cc(N4OCC[C@@H]4c4cccc(F)c4F)ncn3)n[nH]c2c1. The van der Waals surface area contributed by atoms with Crippen LogP contribution in [0.4, 0.5) is 26.2 Å². The van der Waals surface area contributed by atoms with E-state index in [9.17, 15) is 8.78 Å². The monoisotopic (exact) mass is 419 g/mol. The van der Waals surface area contributed by atoms with Crippen LogP contribution in [0.3, 0.4) is 0 Å². The molecule has 154 valence electrons. The minimum Gasteiger partial charge on any atom is -0.323 e. The van der Waals surface area contributed by atoms with Crippen molar-refractivity contribution in [1.29, 1.82) is 5.26 Å². The molecule has 4 aromatic rings. The number of halogens is 2. The molecule has 2 aromatic heterocycles. The number of aromatic amines is 1. The van der Waals surface area contributed by atoms with Gasteiger partial charge in [-0.3, -0.25) is 9.94 Å². The first-order chi connectivity index (χ1) is 15.1. The van der Waals surface area contributed by atoms with Gasteiger partial charge in [-0.05, 0) is 24.3 Å². The average Bonchev–Trinajstić information content (AvgIpc) is 3.43. The molecule has 0 amide bonds. The molecule has 0 spiro atoms. The largest absolute Gasteiger partial charge is 0.323 e. The highest BCUT2D eigenvalue weighted by Crippen LogP contribution is 2.36. The third-order valence-corrected chi connectivity index (χ3v) is 5.06. The van der Waals surface area contributed by atoms with Crippen LogP contribution in [0.1, 0.15) is 23.6 Å². The van der Waals surface area contributed by atoms with Crippen molar-refractivity contribution in [3.8, 4) is 6.07 Å². The molecule has 10 heteroatoms. The van der Waals surface area contributed by atoms with E-state index in [2.05, 4.69) is 31.6 Å². The number of fused-ring (bicyclic) bond motifs is 1. The van der Waals surface area contributed by atoms with E-state index in [0.717, 1.165) is 11.5 Å². The van der Waals surface area contributed by atoms with Gasteiger partial charge >= 0.3 is 0 Å². The minimum atomic E-state index is -0.903. The predicted molar refractivity (Wildman–Crippen MR) is 108 cm³/mol. The van der Waals surface area contributed by atoms with Crippen molar-refractivity contribution in [2.75, 3.05) is 17.0 Å². The van der Waals surface area contributed by atoms with Crippen LogP contribution in [0.2, 0.25) is 0 Å². The first-order valence-corrected chi connectivity index (χ1v) is 9.47. The molecule has 0 bridgehead atoms. The molecule has 3 heterocycles. The number of H-pyrrole nitrogens is 1. The van der Waals surface area contributed by atoms with Crippen LogP contribution in [0.5, 0.6) is 0 Å². The quantitative estimate of drug-likeness (QED) is 0.513. The van der Waals surface area contributed by atoms with Crippen LogP contribution < -0.4 is 10.4 Å². The Morgan fingerprint density at radius 2 is 2.10 bits per heavy atom. The Morgan fingerprint density at radius 1 is 1.19 bits per heavy atom. The lowest BCUT2D eigenvalue weighted by Crippen LogP contribution is -2.23. The maximum atomic E-state index is 14.3. The Labute approximate surface area is 175 Å². The van der Waals surface area contributed by atoms with Gasteiger partial charge in [-0.1, -0.05) is 12.1 Å². The number of nitrogens with one attached hydrogen (secondary N) is 2. The van der Waals surface area contributed by atoms with Gasteiger partial charge in [0.2, 0.25) is 0 Å². The maximum absolute atomic E-state index is 14.3. The van der Waals surface area contributed by atoms with Gasteiger partial charge in [-0.2, -0.15) is 10.4 Å². The van der Waals surface area contributed by atoms with Crippen molar-refractivity contribution in [2.45, 2.75) is 12.5 Å².